The lowest BCUT2D eigenvalue weighted by Gasteiger charge is -2.11. The van der Waals surface area contributed by atoms with Crippen LogP contribution >= 0.6 is 0 Å². The Morgan fingerprint density at radius 2 is 2.00 bits per heavy atom. The molecule has 94 valence electrons. The molecule has 0 unspecified atom stereocenters. The SMILES string of the molecule is NCCc1cc(CNC2CC2)c2ccccc2c1. The molecular weight excluding hydrogens is 220 g/mol. The fraction of sp³-hybridized carbons (Fsp3) is 0.375. The van der Waals surface area contributed by atoms with Crippen LogP contribution in [-0.4, -0.2) is 12.6 Å². The van der Waals surface area contributed by atoms with Gasteiger partial charge in [-0.15, -0.1) is 0 Å². The van der Waals surface area contributed by atoms with E-state index in [1.165, 1.54) is 34.7 Å². The molecule has 1 fully saturated rings. The van der Waals surface area contributed by atoms with Crippen LogP contribution in [0, 0.1) is 0 Å². The van der Waals surface area contributed by atoms with Gasteiger partial charge in [-0.3, -0.25) is 0 Å². The predicted octanol–water partition coefficient (Wildman–Crippen LogP) is 2.59. The summed E-state index contributed by atoms with van der Waals surface area (Å²) in [5.41, 5.74) is 8.43. The molecule has 2 nitrogen and oxygen atoms in total. The van der Waals surface area contributed by atoms with E-state index in [9.17, 15) is 0 Å². The van der Waals surface area contributed by atoms with Crippen LogP contribution in [0.3, 0.4) is 0 Å². The molecule has 0 spiro atoms. The van der Waals surface area contributed by atoms with Crippen LogP contribution in [0.15, 0.2) is 36.4 Å². The van der Waals surface area contributed by atoms with Crippen LogP contribution in [0.1, 0.15) is 24.0 Å². The summed E-state index contributed by atoms with van der Waals surface area (Å²) in [7, 11) is 0. The van der Waals surface area contributed by atoms with Gasteiger partial charge in [-0.2, -0.15) is 0 Å². The van der Waals surface area contributed by atoms with E-state index >= 15 is 0 Å². The maximum Gasteiger partial charge on any atom is 0.0214 e. The molecule has 2 aromatic rings. The average molecular weight is 240 g/mol. The standard InChI is InChI=1S/C16H20N2/c17-8-7-12-9-13-3-1-2-4-16(13)14(10-12)11-18-15-5-6-15/h1-4,9-10,15,18H,5-8,11,17H2. The van der Waals surface area contributed by atoms with Crippen LogP contribution in [0.5, 0.6) is 0 Å². The van der Waals surface area contributed by atoms with E-state index in [1.807, 2.05) is 0 Å². The molecule has 0 atom stereocenters. The normalized spacial score (nSPS) is 15.2. The van der Waals surface area contributed by atoms with E-state index in [0.29, 0.717) is 6.54 Å². The second-order valence-electron chi connectivity index (χ2n) is 5.17. The third-order valence-corrected chi connectivity index (χ3v) is 3.60. The highest BCUT2D eigenvalue weighted by Gasteiger charge is 2.20. The third kappa shape index (κ3) is 2.55. The van der Waals surface area contributed by atoms with Crippen LogP contribution in [-0.2, 0) is 13.0 Å². The number of rotatable bonds is 5. The smallest absolute Gasteiger partial charge is 0.0214 e. The quantitative estimate of drug-likeness (QED) is 0.843. The highest BCUT2D eigenvalue weighted by molar-refractivity contribution is 5.86. The van der Waals surface area contributed by atoms with E-state index in [4.69, 9.17) is 5.73 Å². The summed E-state index contributed by atoms with van der Waals surface area (Å²) in [6, 6.07) is 14.0. The number of benzene rings is 2. The third-order valence-electron chi connectivity index (χ3n) is 3.60. The van der Waals surface area contributed by atoms with Crippen LogP contribution in [0.4, 0.5) is 0 Å². The molecule has 0 amide bonds. The van der Waals surface area contributed by atoms with Crippen molar-refractivity contribution in [3.05, 3.63) is 47.5 Å². The molecule has 0 saturated heterocycles. The molecule has 0 radical (unpaired) electrons. The summed E-state index contributed by atoms with van der Waals surface area (Å²) < 4.78 is 0. The van der Waals surface area contributed by atoms with Crippen LogP contribution < -0.4 is 11.1 Å². The minimum absolute atomic E-state index is 0.716. The summed E-state index contributed by atoms with van der Waals surface area (Å²) in [6.07, 6.45) is 3.63. The number of nitrogens with one attached hydrogen (secondary N) is 1. The fourth-order valence-corrected chi connectivity index (χ4v) is 2.46. The Morgan fingerprint density at radius 1 is 1.17 bits per heavy atom. The summed E-state index contributed by atoms with van der Waals surface area (Å²) in [4.78, 5) is 0. The lowest BCUT2D eigenvalue weighted by Crippen LogP contribution is -2.16. The first-order valence-corrected chi connectivity index (χ1v) is 6.81. The number of nitrogens with two attached hydrogens (primary N) is 1. The van der Waals surface area contributed by atoms with Crippen molar-refractivity contribution in [2.45, 2.75) is 31.8 Å². The van der Waals surface area contributed by atoms with E-state index in [0.717, 1.165) is 19.0 Å². The molecule has 18 heavy (non-hydrogen) atoms. The molecule has 2 aromatic carbocycles. The Hall–Kier alpha value is -1.38. The zero-order valence-corrected chi connectivity index (χ0v) is 10.7. The zero-order chi connectivity index (χ0) is 12.4. The van der Waals surface area contributed by atoms with Crippen molar-refractivity contribution in [3.8, 4) is 0 Å². The van der Waals surface area contributed by atoms with Crippen molar-refractivity contribution < 1.29 is 0 Å². The van der Waals surface area contributed by atoms with Crippen LogP contribution in [0.2, 0.25) is 0 Å². The second-order valence-corrected chi connectivity index (χ2v) is 5.17. The minimum Gasteiger partial charge on any atom is -0.330 e. The Morgan fingerprint density at radius 3 is 2.78 bits per heavy atom. The summed E-state index contributed by atoms with van der Waals surface area (Å²) >= 11 is 0. The van der Waals surface area contributed by atoms with E-state index < -0.39 is 0 Å². The molecule has 3 N–H and O–H groups in total. The van der Waals surface area contributed by atoms with Gasteiger partial charge in [0.15, 0.2) is 0 Å². The van der Waals surface area contributed by atoms with Crippen LogP contribution in [0.25, 0.3) is 10.8 Å². The number of fused-ring (bicyclic) bond motifs is 1. The first kappa shape index (κ1) is 11.7. The maximum absolute atomic E-state index is 5.67. The molecule has 0 bridgehead atoms. The second kappa shape index (κ2) is 5.09. The van der Waals surface area contributed by atoms with Gasteiger partial charge >= 0.3 is 0 Å². The zero-order valence-electron chi connectivity index (χ0n) is 10.7. The Bertz CT molecular complexity index is 544. The minimum atomic E-state index is 0.716. The van der Waals surface area contributed by atoms with Crippen molar-refractivity contribution in [3.63, 3.8) is 0 Å². The number of hydrogen-bond acceptors (Lipinski definition) is 2. The lowest BCUT2D eigenvalue weighted by atomic mass is 9.99. The Labute approximate surface area is 108 Å². The average Bonchev–Trinajstić information content (AvgIpc) is 3.20. The lowest BCUT2D eigenvalue weighted by molar-refractivity contribution is 0.690. The van der Waals surface area contributed by atoms with Gasteiger partial charge in [-0.05, 0) is 47.7 Å². The van der Waals surface area contributed by atoms with Gasteiger partial charge in [-0.1, -0.05) is 36.4 Å². The predicted molar refractivity (Wildman–Crippen MR) is 76.6 cm³/mol. The Balaban J connectivity index is 1.95. The summed E-state index contributed by atoms with van der Waals surface area (Å²) in [5, 5.41) is 6.30. The molecular formula is C16H20N2. The van der Waals surface area contributed by atoms with Gasteiger partial charge in [-0.25, -0.2) is 0 Å². The van der Waals surface area contributed by atoms with Gasteiger partial charge in [0.05, 0.1) is 0 Å². The largest absolute Gasteiger partial charge is 0.330 e. The first-order valence-electron chi connectivity index (χ1n) is 6.81. The van der Waals surface area contributed by atoms with Crippen molar-refractivity contribution in [1.82, 2.24) is 5.32 Å². The molecule has 1 aliphatic carbocycles. The molecule has 1 aliphatic rings. The number of hydrogen-bond donors (Lipinski definition) is 2. The fourth-order valence-electron chi connectivity index (χ4n) is 2.46. The highest BCUT2D eigenvalue weighted by atomic mass is 14.9. The molecule has 1 saturated carbocycles. The van der Waals surface area contributed by atoms with E-state index in [-0.39, 0.29) is 0 Å². The molecule has 3 rings (SSSR count). The van der Waals surface area contributed by atoms with Crippen molar-refractivity contribution in [1.29, 1.82) is 0 Å². The summed E-state index contributed by atoms with van der Waals surface area (Å²) in [5.74, 6) is 0. The van der Waals surface area contributed by atoms with Crippen molar-refractivity contribution >= 4 is 10.8 Å². The van der Waals surface area contributed by atoms with Crippen molar-refractivity contribution in [2.75, 3.05) is 6.54 Å². The molecule has 0 aliphatic heterocycles. The molecule has 0 heterocycles. The monoisotopic (exact) mass is 240 g/mol. The Kier molecular flexibility index (Phi) is 3.31. The van der Waals surface area contributed by atoms with E-state index in [1.54, 1.807) is 0 Å². The highest BCUT2D eigenvalue weighted by Crippen LogP contribution is 2.24. The van der Waals surface area contributed by atoms with E-state index in [2.05, 4.69) is 41.7 Å². The van der Waals surface area contributed by atoms with Gasteiger partial charge in [0.1, 0.15) is 0 Å². The van der Waals surface area contributed by atoms with Gasteiger partial charge < -0.3 is 11.1 Å². The van der Waals surface area contributed by atoms with Gasteiger partial charge in [0.2, 0.25) is 0 Å². The topological polar surface area (TPSA) is 38.0 Å². The van der Waals surface area contributed by atoms with Crippen molar-refractivity contribution in [2.24, 2.45) is 5.73 Å². The first-order chi connectivity index (χ1) is 8.86. The molecule has 2 heteroatoms. The molecule has 0 aromatic heterocycles. The maximum atomic E-state index is 5.67. The van der Waals surface area contributed by atoms with Gasteiger partial charge in [0, 0.05) is 12.6 Å². The summed E-state index contributed by atoms with van der Waals surface area (Å²) in [6.45, 7) is 1.69. The van der Waals surface area contributed by atoms with Gasteiger partial charge in [0.25, 0.3) is 0 Å².